The summed E-state index contributed by atoms with van der Waals surface area (Å²) in [4.78, 5) is 0. The van der Waals surface area contributed by atoms with Crippen LogP contribution in [0.25, 0.3) is 0 Å². The summed E-state index contributed by atoms with van der Waals surface area (Å²) < 4.78 is 3.66. The van der Waals surface area contributed by atoms with Crippen molar-refractivity contribution in [1.29, 1.82) is 0 Å². The first-order valence-corrected chi connectivity index (χ1v) is 5.96. The molecule has 1 aromatic carbocycles. The van der Waals surface area contributed by atoms with Gasteiger partial charge in [0.05, 0.1) is 17.2 Å². The smallest absolute Gasteiger partial charge is 0.136 e. The lowest BCUT2D eigenvalue weighted by atomic mass is 10.2. The summed E-state index contributed by atoms with van der Waals surface area (Å²) in [5.74, 6) is 0.651. The third-order valence-electron chi connectivity index (χ3n) is 2.08. The van der Waals surface area contributed by atoms with Gasteiger partial charge in [-0.15, -0.1) is 0 Å². The quantitative estimate of drug-likeness (QED) is 0.919. The van der Waals surface area contributed by atoms with Crippen LogP contribution in [-0.2, 0) is 6.54 Å². The Hall–Kier alpha value is -0.810. The van der Waals surface area contributed by atoms with E-state index >= 15 is 0 Å². The van der Waals surface area contributed by atoms with Gasteiger partial charge in [0.15, 0.2) is 0 Å². The maximum Gasteiger partial charge on any atom is 0.136 e. The lowest BCUT2D eigenvalue weighted by Crippen LogP contribution is -2.05. The number of nitrogens with two attached hydrogens (primary N) is 1. The van der Waals surface area contributed by atoms with Crippen LogP contribution in [0.5, 0.6) is 0 Å². The highest BCUT2D eigenvalue weighted by Gasteiger charge is 2.04. The van der Waals surface area contributed by atoms with Crippen LogP contribution < -0.4 is 5.73 Å². The molecule has 0 aliphatic rings. The fourth-order valence-electron chi connectivity index (χ4n) is 1.26. The average molecular weight is 331 g/mol. The van der Waals surface area contributed by atoms with Crippen LogP contribution in [0.1, 0.15) is 5.56 Å². The van der Waals surface area contributed by atoms with E-state index < -0.39 is 0 Å². The summed E-state index contributed by atoms with van der Waals surface area (Å²) in [6.45, 7) is 0.685. The molecule has 0 saturated heterocycles. The van der Waals surface area contributed by atoms with Gasteiger partial charge < -0.3 is 5.73 Å². The minimum atomic E-state index is 0.651. The van der Waals surface area contributed by atoms with Crippen LogP contribution in [0, 0.1) is 0 Å². The van der Waals surface area contributed by atoms with Gasteiger partial charge in [0.1, 0.15) is 5.82 Å². The monoisotopic (exact) mass is 329 g/mol. The van der Waals surface area contributed by atoms with E-state index in [1.165, 1.54) is 5.56 Å². The Labute approximate surface area is 105 Å². The molecule has 0 saturated carbocycles. The van der Waals surface area contributed by atoms with Crippen molar-refractivity contribution in [3.05, 3.63) is 45.0 Å². The molecule has 3 nitrogen and oxygen atoms in total. The summed E-state index contributed by atoms with van der Waals surface area (Å²) in [5.41, 5.74) is 6.99. The molecule has 0 radical (unpaired) electrons. The van der Waals surface area contributed by atoms with Gasteiger partial charge in [-0.2, -0.15) is 5.10 Å². The van der Waals surface area contributed by atoms with Gasteiger partial charge in [-0.05, 0) is 33.6 Å². The van der Waals surface area contributed by atoms with E-state index in [9.17, 15) is 0 Å². The molecule has 1 heterocycles. The second kappa shape index (κ2) is 4.37. The molecular formula is C10H9Br2N3. The first-order chi connectivity index (χ1) is 7.16. The second-order valence-corrected chi connectivity index (χ2v) is 4.93. The van der Waals surface area contributed by atoms with Crippen molar-refractivity contribution in [3.63, 3.8) is 0 Å². The van der Waals surface area contributed by atoms with Crippen molar-refractivity contribution in [1.82, 2.24) is 9.78 Å². The number of nitrogens with zero attached hydrogens (tertiary/aromatic N) is 2. The lowest BCUT2D eigenvalue weighted by Gasteiger charge is -2.04. The molecule has 1 aromatic heterocycles. The molecule has 2 aromatic rings. The normalized spacial score (nSPS) is 10.5. The minimum Gasteiger partial charge on any atom is -0.383 e. The Bertz CT molecular complexity index is 462. The van der Waals surface area contributed by atoms with Crippen molar-refractivity contribution >= 4 is 37.7 Å². The predicted octanol–water partition coefficient (Wildman–Crippen LogP) is 3.04. The number of anilines is 1. The number of rotatable bonds is 2. The number of benzene rings is 1. The standard InChI is InChI=1S/C10H9Br2N3/c11-8-3-1-7(2-4-8)6-15-10(13)9(12)5-14-15/h1-5H,6,13H2. The number of halogens is 2. The molecule has 0 aliphatic heterocycles. The van der Waals surface area contributed by atoms with E-state index in [0.717, 1.165) is 8.95 Å². The van der Waals surface area contributed by atoms with Gasteiger partial charge in [0, 0.05) is 4.47 Å². The zero-order chi connectivity index (χ0) is 10.8. The number of nitrogen functional groups attached to an aromatic ring is 1. The number of hydrogen-bond acceptors (Lipinski definition) is 2. The molecule has 15 heavy (non-hydrogen) atoms. The Morgan fingerprint density at radius 1 is 1.20 bits per heavy atom. The van der Waals surface area contributed by atoms with Crippen molar-refractivity contribution in [2.75, 3.05) is 5.73 Å². The van der Waals surface area contributed by atoms with Gasteiger partial charge in [-0.25, -0.2) is 4.68 Å². The first kappa shape index (κ1) is 10.7. The second-order valence-electron chi connectivity index (χ2n) is 3.16. The van der Waals surface area contributed by atoms with E-state index in [1.54, 1.807) is 10.9 Å². The predicted molar refractivity (Wildman–Crippen MR) is 67.6 cm³/mol. The molecule has 78 valence electrons. The number of hydrogen-bond donors (Lipinski definition) is 1. The van der Waals surface area contributed by atoms with Crippen molar-refractivity contribution in [2.24, 2.45) is 0 Å². The van der Waals surface area contributed by atoms with Gasteiger partial charge in [0.25, 0.3) is 0 Å². The Morgan fingerprint density at radius 2 is 1.87 bits per heavy atom. The fraction of sp³-hybridized carbons (Fsp3) is 0.100. The molecule has 0 fully saturated rings. The maximum absolute atomic E-state index is 5.82. The van der Waals surface area contributed by atoms with Gasteiger partial charge in [-0.3, -0.25) is 0 Å². The highest BCUT2D eigenvalue weighted by molar-refractivity contribution is 9.10. The summed E-state index contributed by atoms with van der Waals surface area (Å²) in [6, 6.07) is 8.09. The summed E-state index contributed by atoms with van der Waals surface area (Å²) in [5, 5.41) is 4.17. The van der Waals surface area contributed by atoms with E-state index in [2.05, 4.69) is 37.0 Å². The average Bonchev–Trinajstić information content (AvgIpc) is 2.53. The zero-order valence-corrected chi connectivity index (χ0v) is 11.0. The summed E-state index contributed by atoms with van der Waals surface area (Å²) in [6.07, 6.45) is 1.70. The fourth-order valence-corrected chi connectivity index (χ4v) is 1.82. The summed E-state index contributed by atoms with van der Waals surface area (Å²) in [7, 11) is 0. The molecule has 0 bridgehead atoms. The van der Waals surface area contributed by atoms with Crippen molar-refractivity contribution < 1.29 is 0 Å². The largest absolute Gasteiger partial charge is 0.383 e. The summed E-state index contributed by atoms with van der Waals surface area (Å²) >= 11 is 6.72. The molecular weight excluding hydrogens is 322 g/mol. The van der Waals surface area contributed by atoms with E-state index in [4.69, 9.17) is 5.73 Å². The molecule has 0 atom stereocenters. The van der Waals surface area contributed by atoms with Gasteiger partial charge >= 0.3 is 0 Å². The van der Waals surface area contributed by atoms with E-state index in [1.807, 2.05) is 24.3 Å². The van der Waals surface area contributed by atoms with Crippen LogP contribution in [0.15, 0.2) is 39.4 Å². The molecule has 2 N–H and O–H groups in total. The van der Waals surface area contributed by atoms with Crippen LogP contribution in [0.4, 0.5) is 5.82 Å². The van der Waals surface area contributed by atoms with Crippen molar-refractivity contribution in [3.8, 4) is 0 Å². The van der Waals surface area contributed by atoms with E-state index in [0.29, 0.717) is 12.4 Å². The van der Waals surface area contributed by atoms with E-state index in [-0.39, 0.29) is 0 Å². The Kier molecular flexibility index (Phi) is 3.11. The van der Waals surface area contributed by atoms with Gasteiger partial charge in [-0.1, -0.05) is 28.1 Å². The highest BCUT2D eigenvalue weighted by Crippen LogP contribution is 2.19. The first-order valence-electron chi connectivity index (χ1n) is 4.38. The minimum absolute atomic E-state index is 0.651. The molecule has 0 unspecified atom stereocenters. The van der Waals surface area contributed by atoms with Crippen LogP contribution in [0.3, 0.4) is 0 Å². The lowest BCUT2D eigenvalue weighted by molar-refractivity contribution is 0.697. The SMILES string of the molecule is Nc1c(Br)cnn1Cc1ccc(Br)cc1. The van der Waals surface area contributed by atoms with Crippen LogP contribution >= 0.6 is 31.9 Å². The van der Waals surface area contributed by atoms with Crippen LogP contribution in [-0.4, -0.2) is 9.78 Å². The highest BCUT2D eigenvalue weighted by atomic mass is 79.9. The molecule has 5 heteroatoms. The third kappa shape index (κ3) is 2.41. The Balaban J connectivity index is 2.22. The molecule has 0 aliphatic carbocycles. The third-order valence-corrected chi connectivity index (χ3v) is 3.22. The van der Waals surface area contributed by atoms with Crippen LogP contribution in [0.2, 0.25) is 0 Å². The van der Waals surface area contributed by atoms with Crippen molar-refractivity contribution in [2.45, 2.75) is 6.54 Å². The molecule has 0 spiro atoms. The molecule has 2 rings (SSSR count). The van der Waals surface area contributed by atoms with Gasteiger partial charge in [0.2, 0.25) is 0 Å². The topological polar surface area (TPSA) is 43.8 Å². The molecule has 0 amide bonds. The maximum atomic E-state index is 5.82. The number of aromatic nitrogens is 2. The Morgan fingerprint density at radius 3 is 2.40 bits per heavy atom. The zero-order valence-electron chi connectivity index (χ0n) is 7.82.